The van der Waals surface area contributed by atoms with E-state index in [1.807, 2.05) is 24.3 Å². The molecule has 1 saturated heterocycles. The average Bonchev–Trinajstić information content (AvgIpc) is 3.09. The van der Waals surface area contributed by atoms with Crippen molar-refractivity contribution in [1.29, 1.82) is 0 Å². The number of anilines is 1. The Morgan fingerprint density at radius 2 is 2.07 bits per heavy atom. The number of H-pyrrole nitrogens is 1. The van der Waals surface area contributed by atoms with E-state index in [4.69, 9.17) is 4.74 Å². The van der Waals surface area contributed by atoms with E-state index in [0.717, 1.165) is 24.3 Å². The molecule has 8 nitrogen and oxygen atoms in total. The van der Waals surface area contributed by atoms with Crippen LogP contribution in [0.3, 0.4) is 0 Å². The third-order valence-electron chi connectivity index (χ3n) is 4.81. The molecule has 0 spiro atoms. The molecule has 27 heavy (non-hydrogen) atoms. The van der Waals surface area contributed by atoms with Crippen molar-refractivity contribution < 1.29 is 9.53 Å². The van der Waals surface area contributed by atoms with Crippen molar-refractivity contribution in [2.24, 2.45) is 7.05 Å². The van der Waals surface area contributed by atoms with Gasteiger partial charge in [-0.3, -0.25) is 14.3 Å². The summed E-state index contributed by atoms with van der Waals surface area (Å²) in [4.78, 5) is 30.4. The Morgan fingerprint density at radius 1 is 1.30 bits per heavy atom. The van der Waals surface area contributed by atoms with Gasteiger partial charge in [0.25, 0.3) is 5.91 Å². The molecule has 1 aliphatic rings. The highest BCUT2D eigenvalue weighted by Gasteiger charge is 2.17. The number of benzene rings is 1. The number of ether oxygens (including phenoxy) is 1. The van der Waals surface area contributed by atoms with Crippen LogP contribution in [0.25, 0.3) is 11.0 Å². The first-order chi connectivity index (χ1) is 13.1. The number of pyridine rings is 1. The van der Waals surface area contributed by atoms with Crippen LogP contribution in [0.1, 0.15) is 15.9 Å². The summed E-state index contributed by atoms with van der Waals surface area (Å²) in [6, 6.07) is 7.96. The van der Waals surface area contributed by atoms with Gasteiger partial charge >= 0.3 is 0 Å². The van der Waals surface area contributed by atoms with Gasteiger partial charge in [0.1, 0.15) is 11.2 Å². The van der Waals surface area contributed by atoms with Gasteiger partial charge in [-0.05, 0) is 11.6 Å². The van der Waals surface area contributed by atoms with Crippen LogP contribution in [0.15, 0.2) is 41.5 Å². The summed E-state index contributed by atoms with van der Waals surface area (Å²) in [6.07, 6.45) is 2.91. The van der Waals surface area contributed by atoms with E-state index in [1.54, 1.807) is 11.7 Å². The summed E-state index contributed by atoms with van der Waals surface area (Å²) >= 11 is 0. The molecule has 1 aliphatic heterocycles. The number of carbonyl (C=O) groups excluding carboxylic acids is 1. The Balaban J connectivity index is 1.53. The van der Waals surface area contributed by atoms with Gasteiger partial charge < -0.3 is 19.9 Å². The molecule has 2 aromatic heterocycles. The Hall–Kier alpha value is -3.13. The SMILES string of the molecule is Cn1ncc2c(=O)c(C(=O)NCc3ccccc3N3CCOCC3)c[nH]c21. The van der Waals surface area contributed by atoms with E-state index in [9.17, 15) is 9.59 Å². The van der Waals surface area contributed by atoms with Crippen LogP contribution in [-0.2, 0) is 18.3 Å². The predicted octanol–water partition coefficient (Wildman–Crippen LogP) is 1.03. The number of aromatic nitrogens is 3. The summed E-state index contributed by atoms with van der Waals surface area (Å²) in [5.74, 6) is -0.404. The van der Waals surface area contributed by atoms with E-state index in [-0.39, 0.29) is 11.0 Å². The van der Waals surface area contributed by atoms with Crippen LogP contribution < -0.4 is 15.6 Å². The van der Waals surface area contributed by atoms with Crippen LogP contribution >= 0.6 is 0 Å². The number of para-hydroxylation sites is 1. The highest BCUT2D eigenvalue weighted by Crippen LogP contribution is 2.21. The number of nitrogens with zero attached hydrogens (tertiary/aromatic N) is 3. The maximum Gasteiger partial charge on any atom is 0.257 e. The lowest BCUT2D eigenvalue weighted by atomic mass is 10.1. The van der Waals surface area contributed by atoms with Crippen LogP contribution in [-0.4, -0.2) is 47.0 Å². The van der Waals surface area contributed by atoms with Crippen molar-refractivity contribution in [1.82, 2.24) is 20.1 Å². The predicted molar refractivity (Wildman–Crippen MR) is 102 cm³/mol. The van der Waals surface area contributed by atoms with Crippen molar-refractivity contribution in [3.63, 3.8) is 0 Å². The van der Waals surface area contributed by atoms with Gasteiger partial charge in [0.15, 0.2) is 0 Å². The van der Waals surface area contributed by atoms with Gasteiger partial charge in [0.2, 0.25) is 5.43 Å². The van der Waals surface area contributed by atoms with Gasteiger partial charge in [0, 0.05) is 38.6 Å². The van der Waals surface area contributed by atoms with Gasteiger partial charge in [-0.1, -0.05) is 18.2 Å². The zero-order valence-corrected chi connectivity index (χ0v) is 15.1. The van der Waals surface area contributed by atoms with E-state index in [2.05, 4.69) is 20.3 Å². The number of rotatable bonds is 4. The molecular weight excluding hydrogens is 346 g/mol. The summed E-state index contributed by atoms with van der Waals surface area (Å²) in [5, 5.41) is 7.32. The Bertz CT molecular complexity index is 1030. The maximum absolute atomic E-state index is 12.6. The molecule has 8 heteroatoms. The van der Waals surface area contributed by atoms with Gasteiger partial charge in [-0.25, -0.2) is 0 Å². The van der Waals surface area contributed by atoms with Crippen molar-refractivity contribution in [3.05, 3.63) is 58.0 Å². The molecule has 0 saturated carbocycles. The first kappa shape index (κ1) is 17.3. The summed E-state index contributed by atoms with van der Waals surface area (Å²) in [5.41, 5.74) is 2.44. The fraction of sp³-hybridized carbons (Fsp3) is 0.316. The second-order valence-corrected chi connectivity index (χ2v) is 6.47. The highest BCUT2D eigenvalue weighted by atomic mass is 16.5. The second kappa shape index (κ2) is 7.24. The Labute approximate surface area is 155 Å². The molecule has 1 fully saturated rings. The van der Waals surface area contributed by atoms with E-state index in [1.165, 1.54) is 12.4 Å². The van der Waals surface area contributed by atoms with Crippen LogP contribution in [0.4, 0.5) is 5.69 Å². The Morgan fingerprint density at radius 3 is 2.89 bits per heavy atom. The largest absolute Gasteiger partial charge is 0.378 e. The molecule has 0 atom stereocenters. The zero-order valence-electron chi connectivity index (χ0n) is 15.1. The molecule has 3 heterocycles. The van der Waals surface area contributed by atoms with E-state index < -0.39 is 5.91 Å². The average molecular weight is 367 g/mol. The number of fused-ring (bicyclic) bond motifs is 1. The van der Waals surface area contributed by atoms with Crippen molar-refractivity contribution >= 4 is 22.6 Å². The maximum atomic E-state index is 12.6. The minimum atomic E-state index is -0.404. The van der Waals surface area contributed by atoms with Crippen LogP contribution in [0, 0.1) is 0 Å². The second-order valence-electron chi connectivity index (χ2n) is 6.47. The molecule has 2 N–H and O–H groups in total. The number of carbonyl (C=O) groups is 1. The molecule has 0 unspecified atom stereocenters. The van der Waals surface area contributed by atoms with E-state index >= 15 is 0 Å². The van der Waals surface area contributed by atoms with Gasteiger partial charge in [0.05, 0.1) is 24.8 Å². The van der Waals surface area contributed by atoms with Crippen molar-refractivity contribution in [2.45, 2.75) is 6.54 Å². The Kier molecular flexibility index (Phi) is 4.64. The summed E-state index contributed by atoms with van der Waals surface area (Å²) in [7, 11) is 1.74. The molecule has 140 valence electrons. The number of nitrogens with one attached hydrogen (secondary N) is 2. The first-order valence-electron chi connectivity index (χ1n) is 8.87. The number of amides is 1. The van der Waals surface area contributed by atoms with Crippen LogP contribution in [0.2, 0.25) is 0 Å². The highest BCUT2D eigenvalue weighted by molar-refractivity contribution is 5.96. The summed E-state index contributed by atoms with van der Waals surface area (Å²) in [6.45, 7) is 3.38. The third-order valence-corrected chi connectivity index (χ3v) is 4.81. The molecule has 1 amide bonds. The lowest BCUT2D eigenvalue weighted by Crippen LogP contribution is -2.37. The molecule has 3 aromatic rings. The molecule has 4 rings (SSSR count). The molecule has 1 aromatic carbocycles. The quantitative estimate of drug-likeness (QED) is 0.719. The lowest BCUT2D eigenvalue weighted by molar-refractivity contribution is 0.0949. The van der Waals surface area contributed by atoms with Crippen molar-refractivity contribution in [2.75, 3.05) is 31.2 Å². The van der Waals surface area contributed by atoms with Crippen LogP contribution in [0.5, 0.6) is 0 Å². The molecular formula is C19H21N5O3. The van der Waals surface area contributed by atoms with Gasteiger partial charge in [-0.15, -0.1) is 0 Å². The van der Waals surface area contributed by atoms with Crippen molar-refractivity contribution in [3.8, 4) is 0 Å². The monoisotopic (exact) mass is 367 g/mol. The topological polar surface area (TPSA) is 92.2 Å². The molecule has 0 bridgehead atoms. The number of aryl methyl sites for hydroxylation is 1. The summed E-state index contributed by atoms with van der Waals surface area (Å²) < 4.78 is 6.98. The minimum Gasteiger partial charge on any atom is -0.378 e. The number of aromatic amines is 1. The smallest absolute Gasteiger partial charge is 0.257 e. The normalized spacial score (nSPS) is 14.5. The first-order valence-corrected chi connectivity index (χ1v) is 8.87. The fourth-order valence-electron chi connectivity index (χ4n) is 3.34. The standard InChI is InChI=1S/C19H21N5O3/c1-23-18-14(12-22-23)17(25)15(11-20-18)19(26)21-10-13-4-2-3-5-16(13)24-6-8-27-9-7-24/h2-5,11-12H,6-10H2,1H3,(H,20,25)(H,21,26). The minimum absolute atomic E-state index is 0.0827. The lowest BCUT2D eigenvalue weighted by Gasteiger charge is -2.30. The molecule has 0 radical (unpaired) electrons. The fourth-order valence-corrected chi connectivity index (χ4v) is 3.34. The van der Waals surface area contributed by atoms with E-state index in [0.29, 0.717) is 30.8 Å². The zero-order chi connectivity index (χ0) is 18.8. The number of hydrogen-bond acceptors (Lipinski definition) is 5. The van der Waals surface area contributed by atoms with Gasteiger partial charge in [-0.2, -0.15) is 5.10 Å². The third kappa shape index (κ3) is 3.31. The number of hydrogen-bond donors (Lipinski definition) is 2. The molecule has 0 aliphatic carbocycles. The number of morpholine rings is 1.